The molecule has 0 unspecified atom stereocenters. The standard InChI is InChI=1S/C19H24N4O/c1-13-18(17-7-8-20-10-15(17)11-21-13)12-22-19(24)14-5-4-6-16(9-14)23(2)3/h4-6,9,11,20H,7-8,10,12H2,1-3H3,(H,22,24). The number of hydrogen-bond donors (Lipinski definition) is 2. The highest BCUT2D eigenvalue weighted by atomic mass is 16.1. The van der Waals surface area contributed by atoms with Crippen LogP contribution in [-0.2, 0) is 19.5 Å². The zero-order valence-corrected chi connectivity index (χ0v) is 14.5. The lowest BCUT2D eigenvalue weighted by Crippen LogP contribution is -2.29. The van der Waals surface area contributed by atoms with Crippen LogP contribution in [0.3, 0.4) is 0 Å². The van der Waals surface area contributed by atoms with E-state index in [1.165, 1.54) is 11.1 Å². The molecular weight excluding hydrogens is 300 g/mol. The molecule has 24 heavy (non-hydrogen) atoms. The fraction of sp³-hybridized carbons (Fsp3) is 0.368. The average Bonchev–Trinajstić information content (AvgIpc) is 2.60. The summed E-state index contributed by atoms with van der Waals surface area (Å²) in [5.41, 5.74) is 6.43. The summed E-state index contributed by atoms with van der Waals surface area (Å²) < 4.78 is 0. The van der Waals surface area contributed by atoms with Crippen molar-refractivity contribution in [3.63, 3.8) is 0 Å². The highest BCUT2D eigenvalue weighted by Crippen LogP contribution is 2.20. The van der Waals surface area contributed by atoms with Crippen LogP contribution in [0.15, 0.2) is 30.5 Å². The molecule has 0 fully saturated rings. The van der Waals surface area contributed by atoms with Crippen LogP contribution in [0.25, 0.3) is 0 Å². The van der Waals surface area contributed by atoms with E-state index >= 15 is 0 Å². The van der Waals surface area contributed by atoms with Gasteiger partial charge in [-0.2, -0.15) is 0 Å². The summed E-state index contributed by atoms with van der Waals surface area (Å²) in [6.45, 7) is 4.36. The van der Waals surface area contributed by atoms with Crippen LogP contribution >= 0.6 is 0 Å². The first kappa shape index (κ1) is 16.5. The van der Waals surface area contributed by atoms with Crippen molar-refractivity contribution in [2.75, 3.05) is 25.5 Å². The third-order valence-electron chi connectivity index (χ3n) is 4.52. The molecule has 2 N–H and O–H groups in total. The van der Waals surface area contributed by atoms with Crippen LogP contribution in [0.2, 0.25) is 0 Å². The molecule has 5 heteroatoms. The van der Waals surface area contributed by atoms with Crippen LogP contribution < -0.4 is 15.5 Å². The van der Waals surface area contributed by atoms with Gasteiger partial charge in [0.15, 0.2) is 0 Å². The molecule has 2 heterocycles. The number of carbonyl (C=O) groups is 1. The molecule has 1 aromatic carbocycles. The Morgan fingerprint density at radius 3 is 3.00 bits per heavy atom. The number of carbonyl (C=O) groups excluding carboxylic acids is 1. The van der Waals surface area contributed by atoms with Crippen LogP contribution in [0.4, 0.5) is 5.69 Å². The fourth-order valence-corrected chi connectivity index (χ4v) is 3.07. The van der Waals surface area contributed by atoms with Crippen molar-refractivity contribution in [1.82, 2.24) is 15.6 Å². The predicted molar refractivity (Wildman–Crippen MR) is 96.3 cm³/mol. The zero-order valence-electron chi connectivity index (χ0n) is 14.5. The number of aryl methyl sites for hydroxylation is 1. The number of benzene rings is 1. The SMILES string of the molecule is Cc1ncc2c(c1CNC(=O)c1cccc(N(C)C)c1)CCNC2. The monoisotopic (exact) mass is 324 g/mol. The third kappa shape index (κ3) is 3.41. The first-order valence-electron chi connectivity index (χ1n) is 8.29. The number of nitrogens with zero attached hydrogens (tertiary/aromatic N) is 2. The van der Waals surface area contributed by atoms with Crippen LogP contribution in [-0.4, -0.2) is 31.5 Å². The van der Waals surface area contributed by atoms with Crippen molar-refractivity contribution in [2.45, 2.75) is 26.4 Å². The predicted octanol–water partition coefficient (Wildman–Crippen LogP) is 2.03. The Morgan fingerprint density at radius 1 is 1.38 bits per heavy atom. The van der Waals surface area contributed by atoms with Crippen molar-refractivity contribution in [3.8, 4) is 0 Å². The van der Waals surface area contributed by atoms with Crippen molar-refractivity contribution in [2.24, 2.45) is 0 Å². The van der Waals surface area contributed by atoms with Gasteiger partial charge >= 0.3 is 0 Å². The van der Waals surface area contributed by atoms with E-state index in [-0.39, 0.29) is 5.91 Å². The van der Waals surface area contributed by atoms with Gasteiger partial charge in [-0.25, -0.2) is 0 Å². The number of anilines is 1. The largest absolute Gasteiger partial charge is 0.378 e. The number of hydrogen-bond acceptors (Lipinski definition) is 4. The lowest BCUT2D eigenvalue weighted by atomic mass is 9.96. The van der Waals surface area contributed by atoms with E-state index in [9.17, 15) is 4.79 Å². The lowest BCUT2D eigenvalue weighted by molar-refractivity contribution is 0.0951. The van der Waals surface area contributed by atoms with Crippen LogP contribution in [0, 0.1) is 6.92 Å². The van der Waals surface area contributed by atoms with E-state index in [0.717, 1.165) is 36.5 Å². The summed E-state index contributed by atoms with van der Waals surface area (Å²) in [6, 6.07) is 7.65. The molecule has 3 rings (SSSR count). The summed E-state index contributed by atoms with van der Waals surface area (Å²) in [6.07, 6.45) is 2.93. The highest BCUT2D eigenvalue weighted by molar-refractivity contribution is 5.95. The molecule has 5 nitrogen and oxygen atoms in total. The molecule has 1 aliphatic rings. The van der Waals surface area contributed by atoms with E-state index in [1.54, 1.807) is 0 Å². The maximum atomic E-state index is 12.5. The molecule has 1 amide bonds. The molecule has 0 aliphatic carbocycles. The van der Waals surface area contributed by atoms with Gasteiger partial charge in [0, 0.05) is 50.3 Å². The smallest absolute Gasteiger partial charge is 0.251 e. The van der Waals surface area contributed by atoms with E-state index in [1.807, 2.05) is 56.4 Å². The quantitative estimate of drug-likeness (QED) is 0.903. The van der Waals surface area contributed by atoms with E-state index in [4.69, 9.17) is 0 Å². The van der Waals surface area contributed by atoms with Gasteiger partial charge in [-0.1, -0.05) is 6.07 Å². The number of aromatic nitrogens is 1. The molecule has 1 aliphatic heterocycles. The minimum absolute atomic E-state index is 0.0513. The summed E-state index contributed by atoms with van der Waals surface area (Å²) in [5.74, 6) is -0.0513. The molecule has 0 radical (unpaired) electrons. The molecule has 126 valence electrons. The number of amides is 1. The molecule has 0 atom stereocenters. The van der Waals surface area contributed by atoms with E-state index in [0.29, 0.717) is 12.1 Å². The highest BCUT2D eigenvalue weighted by Gasteiger charge is 2.16. The first-order chi connectivity index (χ1) is 11.6. The number of pyridine rings is 1. The Balaban J connectivity index is 1.76. The summed E-state index contributed by atoms with van der Waals surface area (Å²) in [5, 5.41) is 6.42. The third-order valence-corrected chi connectivity index (χ3v) is 4.52. The van der Waals surface area contributed by atoms with Crippen molar-refractivity contribution in [3.05, 3.63) is 58.4 Å². The number of rotatable bonds is 4. The topological polar surface area (TPSA) is 57.3 Å². The number of nitrogens with one attached hydrogen (secondary N) is 2. The average molecular weight is 324 g/mol. The first-order valence-corrected chi connectivity index (χ1v) is 8.29. The Kier molecular flexibility index (Phi) is 4.81. The Morgan fingerprint density at radius 2 is 2.21 bits per heavy atom. The van der Waals surface area contributed by atoms with Gasteiger partial charge in [-0.3, -0.25) is 9.78 Å². The van der Waals surface area contributed by atoms with Gasteiger partial charge in [0.1, 0.15) is 0 Å². The molecule has 1 aromatic heterocycles. The van der Waals surface area contributed by atoms with Gasteiger partial charge in [-0.15, -0.1) is 0 Å². The molecule has 0 bridgehead atoms. The molecule has 0 saturated heterocycles. The van der Waals surface area contributed by atoms with Crippen molar-refractivity contribution >= 4 is 11.6 Å². The molecule has 0 spiro atoms. The Bertz CT molecular complexity index is 755. The number of fused-ring (bicyclic) bond motifs is 1. The van der Waals surface area contributed by atoms with Crippen LogP contribution in [0.5, 0.6) is 0 Å². The summed E-state index contributed by atoms with van der Waals surface area (Å²) in [7, 11) is 3.94. The summed E-state index contributed by atoms with van der Waals surface area (Å²) in [4.78, 5) is 19.0. The normalized spacial score (nSPS) is 13.3. The molecule has 0 saturated carbocycles. The Hall–Kier alpha value is -2.40. The van der Waals surface area contributed by atoms with Crippen LogP contribution in [0.1, 0.15) is 32.7 Å². The van der Waals surface area contributed by atoms with Gasteiger partial charge in [0.2, 0.25) is 0 Å². The Labute approximate surface area is 143 Å². The molecule has 2 aromatic rings. The maximum absolute atomic E-state index is 12.5. The second-order valence-corrected chi connectivity index (χ2v) is 6.38. The van der Waals surface area contributed by atoms with Gasteiger partial charge in [0.05, 0.1) is 0 Å². The van der Waals surface area contributed by atoms with Gasteiger partial charge in [-0.05, 0) is 54.8 Å². The second-order valence-electron chi connectivity index (χ2n) is 6.38. The van der Waals surface area contributed by atoms with Gasteiger partial charge in [0.25, 0.3) is 5.91 Å². The van der Waals surface area contributed by atoms with Crippen molar-refractivity contribution < 1.29 is 4.79 Å². The zero-order chi connectivity index (χ0) is 17.1. The van der Waals surface area contributed by atoms with E-state index in [2.05, 4.69) is 15.6 Å². The second kappa shape index (κ2) is 7.01. The lowest BCUT2D eigenvalue weighted by Gasteiger charge is -2.21. The minimum Gasteiger partial charge on any atom is -0.378 e. The fourth-order valence-electron chi connectivity index (χ4n) is 3.07. The van der Waals surface area contributed by atoms with Crippen molar-refractivity contribution in [1.29, 1.82) is 0 Å². The van der Waals surface area contributed by atoms with Gasteiger partial charge < -0.3 is 15.5 Å². The van der Waals surface area contributed by atoms with E-state index < -0.39 is 0 Å². The summed E-state index contributed by atoms with van der Waals surface area (Å²) >= 11 is 0. The molecular formula is C19H24N4O. The maximum Gasteiger partial charge on any atom is 0.251 e. The minimum atomic E-state index is -0.0513.